The second-order valence-corrected chi connectivity index (χ2v) is 20.8. The highest BCUT2D eigenvalue weighted by atomic mass is 32.1. The van der Waals surface area contributed by atoms with Crippen LogP contribution >= 0.6 is 22.7 Å². The predicted molar refractivity (Wildman–Crippen MR) is 256 cm³/mol. The summed E-state index contributed by atoms with van der Waals surface area (Å²) in [5.41, 5.74) is 16.7. The normalized spacial score (nSPS) is 16.3. The molecule has 2 aliphatic heterocycles. The van der Waals surface area contributed by atoms with Gasteiger partial charge in [-0.25, -0.2) is 0 Å². The number of aromatic nitrogens is 1. The van der Waals surface area contributed by atoms with E-state index < -0.39 is 0 Å². The van der Waals surface area contributed by atoms with E-state index in [4.69, 9.17) is 4.42 Å². The Morgan fingerprint density at radius 2 is 1.32 bits per heavy atom. The van der Waals surface area contributed by atoms with Crippen molar-refractivity contribution in [2.75, 3.05) is 4.90 Å². The first-order valence-corrected chi connectivity index (χ1v) is 22.6. The lowest BCUT2D eigenvalue weighted by Crippen LogP contribution is -2.56. The lowest BCUT2D eigenvalue weighted by molar-refractivity contribution is 0.332. The van der Waals surface area contributed by atoms with Gasteiger partial charge in [0.2, 0.25) is 0 Å². The maximum Gasteiger partial charge on any atom is 0.333 e. The predicted octanol–water partition coefficient (Wildman–Crippen LogP) is 14.4. The Bertz CT molecular complexity index is 3720. The number of anilines is 3. The largest absolute Gasteiger partial charge is 0.454 e. The van der Waals surface area contributed by atoms with Gasteiger partial charge in [-0.05, 0) is 88.5 Å². The minimum Gasteiger partial charge on any atom is -0.454 e. The van der Waals surface area contributed by atoms with E-state index in [9.17, 15) is 0 Å². The molecule has 14 rings (SSSR count). The smallest absolute Gasteiger partial charge is 0.333 e. The van der Waals surface area contributed by atoms with Crippen LogP contribution in [0.5, 0.6) is 0 Å². The standard InChI is InChI=1S/C53H39BN2OS2/c1-28-25-36-37(53(4,5)24-23-52(36,2)3)27-39(28)55-40-26-35-30-14-7-10-19-42(30)58-50(35)45-34-17-12-16-33-44-32-15-8-11-20-43(32)59-51(44)56(47(33)34)54(46(40)45)38-22-21-31-29-13-6-9-18-41(29)57-49(31)48(38)55/h6-22,25-27H,23-24H2,1-5H3. The number of hydrogen-bond donors (Lipinski definition) is 0. The fourth-order valence-electron chi connectivity index (χ4n) is 11.6. The van der Waals surface area contributed by atoms with Crippen molar-refractivity contribution in [2.24, 2.45) is 0 Å². The molecule has 0 saturated heterocycles. The van der Waals surface area contributed by atoms with Crippen LogP contribution in [0.25, 0.3) is 84.4 Å². The molecule has 282 valence electrons. The second-order valence-electron chi connectivity index (χ2n) is 18.7. The van der Waals surface area contributed by atoms with Gasteiger partial charge in [0.25, 0.3) is 0 Å². The number of para-hydroxylation sites is 2. The first-order valence-electron chi connectivity index (χ1n) is 21.0. The van der Waals surface area contributed by atoms with Crippen LogP contribution in [0.15, 0.2) is 126 Å². The first-order chi connectivity index (χ1) is 28.7. The summed E-state index contributed by atoms with van der Waals surface area (Å²) in [6, 6.07) is 46.1. The van der Waals surface area contributed by atoms with Gasteiger partial charge in [-0.2, -0.15) is 0 Å². The number of aryl methyl sites for hydroxylation is 1. The van der Waals surface area contributed by atoms with Crippen LogP contribution in [0.4, 0.5) is 17.1 Å². The fourth-order valence-corrected chi connectivity index (χ4v) is 14.1. The second kappa shape index (κ2) is 10.9. The molecule has 6 heteroatoms. The quantitative estimate of drug-likeness (QED) is 0.154. The average Bonchev–Trinajstić information content (AvgIpc) is 4.00. The molecule has 6 heterocycles. The zero-order chi connectivity index (χ0) is 39.3. The van der Waals surface area contributed by atoms with Crippen LogP contribution in [-0.2, 0) is 10.8 Å². The van der Waals surface area contributed by atoms with Gasteiger partial charge in [0.15, 0.2) is 5.58 Å². The van der Waals surface area contributed by atoms with Gasteiger partial charge < -0.3 is 13.8 Å². The summed E-state index contributed by atoms with van der Waals surface area (Å²) in [5, 5.41) is 9.01. The van der Waals surface area contributed by atoms with Crippen LogP contribution in [0, 0.1) is 6.92 Å². The summed E-state index contributed by atoms with van der Waals surface area (Å²) in [6.07, 6.45) is 2.35. The summed E-state index contributed by atoms with van der Waals surface area (Å²) in [6.45, 7) is 12.1. The van der Waals surface area contributed by atoms with Crippen LogP contribution in [-0.4, -0.2) is 11.3 Å². The fraction of sp³-hybridized carbons (Fsp3) is 0.170. The molecular formula is C53H39BN2OS2. The summed E-state index contributed by atoms with van der Waals surface area (Å²) in [5.74, 6) is 0. The van der Waals surface area contributed by atoms with Crippen LogP contribution < -0.4 is 15.8 Å². The molecular weight excluding hydrogens is 756 g/mol. The number of furan rings is 1. The van der Waals surface area contributed by atoms with Crippen molar-refractivity contribution < 1.29 is 4.42 Å². The maximum absolute atomic E-state index is 7.14. The Hall–Kier alpha value is -5.82. The molecule has 0 unspecified atom stereocenters. The third kappa shape index (κ3) is 4.00. The minimum atomic E-state index is -0.0604. The monoisotopic (exact) mass is 794 g/mol. The van der Waals surface area contributed by atoms with E-state index in [1.165, 1.54) is 108 Å². The molecule has 0 spiro atoms. The summed E-state index contributed by atoms with van der Waals surface area (Å²) >= 11 is 3.89. The lowest BCUT2D eigenvalue weighted by atomic mass is 9.45. The van der Waals surface area contributed by atoms with Crippen molar-refractivity contribution in [1.29, 1.82) is 0 Å². The van der Waals surface area contributed by atoms with E-state index in [0.29, 0.717) is 0 Å². The molecule has 3 aliphatic rings. The van der Waals surface area contributed by atoms with Gasteiger partial charge in [0.05, 0.1) is 10.5 Å². The van der Waals surface area contributed by atoms with Crippen molar-refractivity contribution in [2.45, 2.75) is 58.3 Å². The summed E-state index contributed by atoms with van der Waals surface area (Å²) in [4.78, 5) is 3.98. The number of thiophene rings is 2. The molecule has 1 aliphatic carbocycles. The lowest BCUT2D eigenvalue weighted by Gasteiger charge is -2.44. The molecule has 0 saturated carbocycles. The van der Waals surface area contributed by atoms with Gasteiger partial charge in [0, 0.05) is 79.8 Å². The van der Waals surface area contributed by atoms with Gasteiger partial charge in [-0.3, -0.25) is 0 Å². The van der Waals surface area contributed by atoms with Crippen molar-refractivity contribution in [3.8, 4) is 11.1 Å². The Kier molecular flexibility index (Phi) is 6.09. The molecule has 0 radical (unpaired) electrons. The van der Waals surface area contributed by atoms with E-state index >= 15 is 0 Å². The third-order valence-corrected chi connectivity index (χ3v) is 16.9. The van der Waals surface area contributed by atoms with Gasteiger partial charge >= 0.3 is 6.85 Å². The highest BCUT2D eigenvalue weighted by Crippen LogP contribution is 2.55. The van der Waals surface area contributed by atoms with Crippen molar-refractivity contribution >= 4 is 131 Å². The van der Waals surface area contributed by atoms with E-state index in [1.807, 2.05) is 22.7 Å². The molecule has 0 bridgehead atoms. The molecule has 0 amide bonds. The van der Waals surface area contributed by atoms with Crippen LogP contribution in [0.2, 0.25) is 0 Å². The molecule has 3 nitrogen and oxygen atoms in total. The van der Waals surface area contributed by atoms with Crippen LogP contribution in [0.1, 0.15) is 57.2 Å². The van der Waals surface area contributed by atoms with Crippen molar-refractivity contribution in [1.82, 2.24) is 4.48 Å². The number of hydrogen-bond acceptors (Lipinski definition) is 4. The Balaban J connectivity index is 1.22. The van der Waals surface area contributed by atoms with Gasteiger partial charge in [-0.1, -0.05) is 119 Å². The van der Waals surface area contributed by atoms with E-state index in [-0.39, 0.29) is 17.7 Å². The molecule has 59 heavy (non-hydrogen) atoms. The van der Waals surface area contributed by atoms with E-state index in [2.05, 4.69) is 165 Å². The summed E-state index contributed by atoms with van der Waals surface area (Å²) in [7, 11) is 0. The van der Waals surface area contributed by atoms with Crippen molar-refractivity contribution in [3.05, 3.63) is 138 Å². The molecule has 0 atom stereocenters. The average molecular weight is 795 g/mol. The highest BCUT2D eigenvalue weighted by molar-refractivity contribution is 7.27. The van der Waals surface area contributed by atoms with E-state index in [0.717, 1.165) is 34.0 Å². The number of nitrogens with zero attached hydrogens (tertiary/aromatic N) is 2. The Morgan fingerprint density at radius 3 is 2.14 bits per heavy atom. The van der Waals surface area contributed by atoms with Crippen molar-refractivity contribution in [3.63, 3.8) is 0 Å². The number of rotatable bonds is 1. The summed E-state index contributed by atoms with van der Waals surface area (Å²) < 4.78 is 13.9. The third-order valence-electron chi connectivity index (χ3n) is 14.6. The topological polar surface area (TPSA) is 21.3 Å². The minimum absolute atomic E-state index is 0.0508. The zero-order valence-corrected chi connectivity index (χ0v) is 35.3. The highest BCUT2D eigenvalue weighted by Gasteiger charge is 2.47. The molecule has 0 fully saturated rings. The first kappa shape index (κ1) is 33.1. The molecule has 11 aromatic rings. The van der Waals surface area contributed by atoms with Gasteiger partial charge in [0.1, 0.15) is 5.58 Å². The number of benzene rings is 7. The maximum atomic E-state index is 7.14. The molecule has 0 N–H and O–H groups in total. The number of fused-ring (bicyclic) bond motifs is 18. The SMILES string of the molecule is Cc1cc2c(cc1N1c3cc4c(sc5ccccc54)c4c3B(c3ccc5c(oc6ccccc65)c31)n1c3sc5ccccc5c3c3cccc-4c31)C(C)(C)CCC2(C)C. The zero-order valence-electron chi connectivity index (χ0n) is 33.7. The Labute approximate surface area is 350 Å². The van der Waals surface area contributed by atoms with Crippen LogP contribution in [0.3, 0.4) is 0 Å². The Morgan fingerprint density at radius 1 is 0.627 bits per heavy atom. The van der Waals surface area contributed by atoms with Gasteiger partial charge in [-0.15, -0.1) is 22.7 Å². The van der Waals surface area contributed by atoms with E-state index in [1.54, 1.807) is 0 Å². The molecule has 7 aromatic carbocycles. The molecule has 4 aromatic heterocycles.